The van der Waals surface area contributed by atoms with E-state index < -0.39 is 0 Å². The number of methoxy groups -OCH3 is 2. The molecule has 0 fully saturated rings. The second kappa shape index (κ2) is 6.38. The zero-order chi connectivity index (χ0) is 13.7. The zero-order valence-corrected chi connectivity index (χ0v) is 11.4. The number of hydrogen-bond acceptors (Lipinski definition) is 4. The number of ether oxygens (including phenoxy) is 2. The van der Waals surface area contributed by atoms with Crippen LogP contribution in [-0.2, 0) is 4.74 Å². The highest BCUT2D eigenvalue weighted by Gasteiger charge is 2.15. The average Bonchev–Trinajstić information content (AvgIpc) is 2.74. The van der Waals surface area contributed by atoms with E-state index in [1.54, 1.807) is 7.11 Å². The summed E-state index contributed by atoms with van der Waals surface area (Å²) < 4.78 is 10.00. The Morgan fingerprint density at radius 1 is 1.26 bits per heavy atom. The Labute approximate surface area is 113 Å². The van der Waals surface area contributed by atoms with Gasteiger partial charge in [-0.25, -0.2) is 4.79 Å². The summed E-state index contributed by atoms with van der Waals surface area (Å²) in [6.07, 6.45) is 4.20. The van der Waals surface area contributed by atoms with Crippen molar-refractivity contribution in [3.8, 4) is 5.75 Å². The molecule has 1 aliphatic heterocycles. The Kier molecular flexibility index (Phi) is 4.58. The summed E-state index contributed by atoms with van der Waals surface area (Å²) >= 11 is 0. The van der Waals surface area contributed by atoms with Crippen LogP contribution in [0.25, 0.3) is 5.57 Å². The molecule has 2 rings (SSSR count). The minimum absolute atomic E-state index is 0.369. The SMILES string of the molecule is COC(=O)c1cc(C2=CCCNCC2)ccc1OC. The maximum Gasteiger partial charge on any atom is 0.341 e. The second-order valence-electron chi connectivity index (χ2n) is 4.42. The molecular weight excluding hydrogens is 242 g/mol. The van der Waals surface area contributed by atoms with E-state index in [2.05, 4.69) is 11.4 Å². The molecule has 0 amide bonds. The fourth-order valence-corrected chi connectivity index (χ4v) is 2.24. The van der Waals surface area contributed by atoms with Gasteiger partial charge in [-0.05, 0) is 49.2 Å². The third-order valence-corrected chi connectivity index (χ3v) is 3.26. The molecule has 4 heteroatoms. The molecule has 1 heterocycles. The molecule has 0 radical (unpaired) electrons. The van der Waals surface area contributed by atoms with Gasteiger partial charge in [-0.2, -0.15) is 0 Å². The van der Waals surface area contributed by atoms with Crippen LogP contribution in [0.3, 0.4) is 0 Å². The molecule has 0 saturated carbocycles. The molecule has 0 bridgehead atoms. The van der Waals surface area contributed by atoms with Crippen LogP contribution in [0.4, 0.5) is 0 Å². The summed E-state index contributed by atoms with van der Waals surface area (Å²) in [4.78, 5) is 11.8. The van der Waals surface area contributed by atoms with E-state index in [1.807, 2.05) is 18.2 Å². The van der Waals surface area contributed by atoms with Crippen LogP contribution in [0, 0.1) is 0 Å². The highest BCUT2D eigenvalue weighted by Crippen LogP contribution is 2.27. The third kappa shape index (κ3) is 3.15. The van der Waals surface area contributed by atoms with E-state index in [1.165, 1.54) is 12.7 Å². The van der Waals surface area contributed by atoms with Crippen molar-refractivity contribution in [2.45, 2.75) is 12.8 Å². The summed E-state index contributed by atoms with van der Waals surface area (Å²) in [7, 11) is 2.93. The van der Waals surface area contributed by atoms with Gasteiger partial charge in [-0.1, -0.05) is 12.1 Å². The number of carbonyl (C=O) groups excluding carboxylic acids is 1. The molecular formula is C15H19NO3. The van der Waals surface area contributed by atoms with Gasteiger partial charge in [0.25, 0.3) is 0 Å². The molecule has 102 valence electrons. The maximum atomic E-state index is 11.8. The van der Waals surface area contributed by atoms with Crippen LogP contribution in [0.2, 0.25) is 0 Å². The molecule has 1 N–H and O–H groups in total. The number of hydrogen-bond donors (Lipinski definition) is 1. The van der Waals surface area contributed by atoms with Crippen LogP contribution in [-0.4, -0.2) is 33.3 Å². The van der Waals surface area contributed by atoms with Crippen LogP contribution in [0.5, 0.6) is 5.75 Å². The Bertz CT molecular complexity index is 494. The van der Waals surface area contributed by atoms with E-state index in [0.29, 0.717) is 11.3 Å². The van der Waals surface area contributed by atoms with Crippen molar-refractivity contribution in [2.24, 2.45) is 0 Å². The lowest BCUT2D eigenvalue weighted by atomic mass is 9.99. The summed E-state index contributed by atoms with van der Waals surface area (Å²) in [5.41, 5.74) is 2.79. The fraction of sp³-hybridized carbons (Fsp3) is 0.400. The van der Waals surface area contributed by atoms with E-state index in [0.717, 1.165) is 31.5 Å². The zero-order valence-electron chi connectivity index (χ0n) is 11.4. The van der Waals surface area contributed by atoms with Gasteiger partial charge in [-0.3, -0.25) is 0 Å². The lowest BCUT2D eigenvalue weighted by molar-refractivity contribution is 0.0597. The monoisotopic (exact) mass is 261 g/mol. The highest BCUT2D eigenvalue weighted by molar-refractivity contribution is 5.93. The lowest BCUT2D eigenvalue weighted by Crippen LogP contribution is -2.13. The van der Waals surface area contributed by atoms with Crippen molar-refractivity contribution in [3.05, 3.63) is 35.4 Å². The Balaban J connectivity index is 2.36. The summed E-state index contributed by atoms with van der Waals surface area (Å²) in [6, 6.07) is 5.66. The molecule has 0 unspecified atom stereocenters. The van der Waals surface area contributed by atoms with Crippen LogP contribution >= 0.6 is 0 Å². The van der Waals surface area contributed by atoms with Crippen molar-refractivity contribution < 1.29 is 14.3 Å². The maximum absolute atomic E-state index is 11.8. The average molecular weight is 261 g/mol. The molecule has 1 aromatic carbocycles. The molecule has 0 aromatic heterocycles. The van der Waals surface area contributed by atoms with Gasteiger partial charge in [0.05, 0.1) is 14.2 Å². The largest absolute Gasteiger partial charge is 0.496 e. The van der Waals surface area contributed by atoms with Crippen LogP contribution < -0.4 is 10.1 Å². The predicted octanol–water partition coefficient (Wildman–Crippen LogP) is 2.25. The standard InChI is InChI=1S/C15H19NO3/c1-18-14-6-5-12(10-13(14)15(17)19-2)11-4-3-8-16-9-7-11/h4-6,10,16H,3,7-9H2,1-2H3. The number of carbonyl (C=O) groups is 1. The highest BCUT2D eigenvalue weighted by atomic mass is 16.5. The molecule has 0 saturated heterocycles. The van der Waals surface area contributed by atoms with Crippen molar-refractivity contribution in [2.75, 3.05) is 27.3 Å². The number of nitrogens with one attached hydrogen (secondary N) is 1. The van der Waals surface area contributed by atoms with Gasteiger partial charge in [0, 0.05) is 0 Å². The Morgan fingerprint density at radius 3 is 2.84 bits per heavy atom. The topological polar surface area (TPSA) is 47.6 Å². The van der Waals surface area contributed by atoms with Crippen molar-refractivity contribution >= 4 is 11.5 Å². The molecule has 4 nitrogen and oxygen atoms in total. The first-order chi connectivity index (χ1) is 9.26. The molecule has 0 atom stereocenters. The smallest absolute Gasteiger partial charge is 0.341 e. The van der Waals surface area contributed by atoms with E-state index in [-0.39, 0.29) is 5.97 Å². The molecule has 0 spiro atoms. The van der Waals surface area contributed by atoms with E-state index in [4.69, 9.17) is 9.47 Å². The predicted molar refractivity (Wildman–Crippen MR) is 74.4 cm³/mol. The quantitative estimate of drug-likeness (QED) is 0.848. The second-order valence-corrected chi connectivity index (χ2v) is 4.42. The van der Waals surface area contributed by atoms with Crippen LogP contribution in [0.15, 0.2) is 24.3 Å². The van der Waals surface area contributed by atoms with E-state index in [9.17, 15) is 4.79 Å². The molecule has 1 aliphatic rings. The van der Waals surface area contributed by atoms with Crippen LogP contribution in [0.1, 0.15) is 28.8 Å². The van der Waals surface area contributed by atoms with Gasteiger partial charge in [0.2, 0.25) is 0 Å². The third-order valence-electron chi connectivity index (χ3n) is 3.26. The lowest BCUT2D eigenvalue weighted by Gasteiger charge is -2.11. The first-order valence-electron chi connectivity index (χ1n) is 6.42. The van der Waals surface area contributed by atoms with Crippen molar-refractivity contribution in [1.29, 1.82) is 0 Å². The fourth-order valence-electron chi connectivity index (χ4n) is 2.24. The first kappa shape index (κ1) is 13.6. The Morgan fingerprint density at radius 2 is 2.11 bits per heavy atom. The normalized spacial score (nSPS) is 15.4. The van der Waals surface area contributed by atoms with E-state index >= 15 is 0 Å². The van der Waals surface area contributed by atoms with Gasteiger partial charge in [0.15, 0.2) is 0 Å². The summed E-state index contributed by atoms with van der Waals surface area (Å²) in [6.45, 7) is 1.97. The van der Waals surface area contributed by atoms with Gasteiger partial charge < -0.3 is 14.8 Å². The molecule has 19 heavy (non-hydrogen) atoms. The number of benzene rings is 1. The summed E-state index contributed by atoms with van der Waals surface area (Å²) in [5, 5.41) is 3.35. The first-order valence-corrected chi connectivity index (χ1v) is 6.42. The van der Waals surface area contributed by atoms with Gasteiger partial charge in [0.1, 0.15) is 11.3 Å². The minimum atomic E-state index is -0.369. The van der Waals surface area contributed by atoms with Crippen molar-refractivity contribution in [3.63, 3.8) is 0 Å². The molecule has 0 aliphatic carbocycles. The summed E-state index contributed by atoms with van der Waals surface area (Å²) in [5.74, 6) is 0.175. The minimum Gasteiger partial charge on any atom is -0.496 e. The van der Waals surface area contributed by atoms with Crippen molar-refractivity contribution in [1.82, 2.24) is 5.32 Å². The Hall–Kier alpha value is -1.81. The molecule has 1 aromatic rings. The number of rotatable bonds is 3. The van der Waals surface area contributed by atoms with Gasteiger partial charge >= 0.3 is 5.97 Å². The number of esters is 1. The van der Waals surface area contributed by atoms with Gasteiger partial charge in [-0.15, -0.1) is 0 Å².